The van der Waals surface area contributed by atoms with E-state index in [2.05, 4.69) is 36.6 Å². The highest BCUT2D eigenvalue weighted by molar-refractivity contribution is 5.74. The van der Waals surface area contributed by atoms with E-state index in [0.29, 0.717) is 24.7 Å². The summed E-state index contributed by atoms with van der Waals surface area (Å²) >= 11 is 0. The van der Waals surface area contributed by atoms with Crippen molar-refractivity contribution in [1.82, 2.24) is 14.9 Å². The van der Waals surface area contributed by atoms with Gasteiger partial charge in [0.15, 0.2) is 0 Å². The van der Waals surface area contributed by atoms with Gasteiger partial charge in [0.25, 0.3) is 0 Å². The van der Waals surface area contributed by atoms with Crippen LogP contribution in [0.15, 0.2) is 54.9 Å². The standard InChI is InChI=1S/C25H22F3N4O2/c26-25(27,28)34-21-8-4-1-5-18(21)17-15-29-23(30-16-17)32-20-7-3-2-6-19(20)24(9-10-24)22(32)31-11-13-33-14-12-31/h1-2,4-8,15-16,22H,9-14H2. The Balaban J connectivity index is 1.38. The molecular formula is C25H22F3N4O2. The molecule has 1 aromatic heterocycles. The highest BCUT2D eigenvalue weighted by Gasteiger charge is 2.61. The largest absolute Gasteiger partial charge is 0.573 e. The summed E-state index contributed by atoms with van der Waals surface area (Å²) in [6.07, 6.45) is 0.569. The maximum Gasteiger partial charge on any atom is 0.573 e. The van der Waals surface area contributed by atoms with Crippen LogP contribution >= 0.6 is 0 Å². The van der Waals surface area contributed by atoms with E-state index < -0.39 is 6.36 Å². The topological polar surface area (TPSA) is 50.7 Å². The average Bonchev–Trinajstić information content (AvgIpc) is 3.58. The van der Waals surface area contributed by atoms with Gasteiger partial charge in [0, 0.05) is 42.0 Å². The van der Waals surface area contributed by atoms with E-state index in [1.807, 2.05) is 12.1 Å². The summed E-state index contributed by atoms with van der Waals surface area (Å²) in [6.45, 7) is 3.00. The summed E-state index contributed by atoms with van der Waals surface area (Å²) in [5.74, 6) is 0.231. The van der Waals surface area contributed by atoms with E-state index in [0.717, 1.165) is 31.6 Å². The lowest BCUT2D eigenvalue weighted by molar-refractivity contribution is -0.274. The molecule has 1 saturated heterocycles. The fourth-order valence-corrected chi connectivity index (χ4v) is 5.28. The number of para-hydroxylation sites is 1. The number of benzene rings is 2. The first-order valence-electron chi connectivity index (χ1n) is 11.3. The summed E-state index contributed by atoms with van der Waals surface area (Å²) in [6, 6.07) is 15.2. The zero-order valence-corrected chi connectivity index (χ0v) is 18.3. The van der Waals surface area contributed by atoms with Gasteiger partial charge < -0.3 is 9.47 Å². The molecule has 3 aromatic rings. The zero-order chi connectivity index (χ0) is 23.3. The minimum Gasteiger partial charge on any atom is -0.405 e. The number of hydrogen-bond donors (Lipinski definition) is 0. The van der Waals surface area contributed by atoms with E-state index in [9.17, 15) is 13.2 Å². The molecule has 2 fully saturated rings. The summed E-state index contributed by atoms with van der Waals surface area (Å²) in [5, 5.41) is 0. The predicted molar refractivity (Wildman–Crippen MR) is 119 cm³/mol. The third-order valence-electron chi connectivity index (χ3n) is 6.83. The van der Waals surface area contributed by atoms with Crippen molar-refractivity contribution in [3.63, 3.8) is 0 Å². The molecular weight excluding hydrogens is 445 g/mol. The van der Waals surface area contributed by atoms with E-state index in [1.165, 1.54) is 17.7 Å². The van der Waals surface area contributed by atoms with Gasteiger partial charge in [-0.25, -0.2) is 9.97 Å². The van der Waals surface area contributed by atoms with Gasteiger partial charge in [0.1, 0.15) is 5.75 Å². The Kier molecular flexibility index (Phi) is 5.00. The molecule has 0 amide bonds. The molecule has 3 aliphatic rings. The van der Waals surface area contributed by atoms with Gasteiger partial charge in [-0.2, -0.15) is 0 Å². The molecule has 1 radical (unpaired) electrons. The molecule has 3 heterocycles. The number of morpholine rings is 1. The Bertz CT molecular complexity index is 1190. The molecule has 1 unspecified atom stereocenters. The number of fused-ring (bicyclic) bond motifs is 2. The van der Waals surface area contributed by atoms with Gasteiger partial charge in [-0.15, -0.1) is 13.2 Å². The maximum absolute atomic E-state index is 12.9. The van der Waals surface area contributed by atoms with Crippen molar-refractivity contribution in [2.24, 2.45) is 0 Å². The van der Waals surface area contributed by atoms with Gasteiger partial charge in [0.2, 0.25) is 5.95 Å². The quantitative estimate of drug-likeness (QED) is 0.555. The summed E-state index contributed by atoms with van der Waals surface area (Å²) in [7, 11) is 0. The number of alkyl halides is 3. The fourth-order valence-electron chi connectivity index (χ4n) is 5.28. The minimum absolute atomic E-state index is 0.0248. The van der Waals surface area contributed by atoms with E-state index in [-0.39, 0.29) is 22.9 Å². The van der Waals surface area contributed by atoms with Crippen LogP contribution in [-0.4, -0.2) is 53.7 Å². The molecule has 0 bridgehead atoms. The number of hydrogen-bond acceptors (Lipinski definition) is 6. The second kappa shape index (κ2) is 7.95. The average molecular weight is 467 g/mol. The molecule has 9 heteroatoms. The van der Waals surface area contributed by atoms with Crippen LogP contribution in [0.2, 0.25) is 0 Å². The number of ether oxygens (including phenoxy) is 2. The molecule has 6 nitrogen and oxygen atoms in total. The Morgan fingerprint density at radius 1 is 1.06 bits per heavy atom. The van der Waals surface area contributed by atoms with Crippen molar-refractivity contribution in [2.45, 2.75) is 30.8 Å². The highest BCUT2D eigenvalue weighted by Crippen LogP contribution is 2.62. The van der Waals surface area contributed by atoms with Crippen molar-refractivity contribution < 1.29 is 22.6 Å². The van der Waals surface area contributed by atoms with Gasteiger partial charge >= 0.3 is 6.36 Å². The second-order valence-corrected chi connectivity index (χ2v) is 8.81. The molecule has 1 aliphatic carbocycles. The lowest BCUT2D eigenvalue weighted by atomic mass is 9.95. The van der Waals surface area contributed by atoms with Crippen molar-refractivity contribution in [2.75, 3.05) is 31.2 Å². The SMILES string of the molecule is FC(F)(F)Oc1ccccc1-c1cnc(N2c3c[c]ccc3C3(CC3)C2N2CCOCC2)nc1. The van der Waals surface area contributed by atoms with E-state index >= 15 is 0 Å². The highest BCUT2D eigenvalue weighted by atomic mass is 19.4. The van der Waals surface area contributed by atoms with Crippen LogP contribution in [0.25, 0.3) is 11.1 Å². The Labute approximate surface area is 194 Å². The van der Waals surface area contributed by atoms with Crippen LogP contribution in [0.4, 0.5) is 24.8 Å². The predicted octanol–water partition coefficient (Wildman–Crippen LogP) is 4.68. The Morgan fingerprint density at radius 3 is 2.50 bits per heavy atom. The Hall–Kier alpha value is -3.17. The van der Waals surface area contributed by atoms with Crippen LogP contribution in [-0.2, 0) is 10.2 Å². The van der Waals surface area contributed by atoms with E-state index in [4.69, 9.17) is 4.74 Å². The van der Waals surface area contributed by atoms with Crippen molar-refractivity contribution in [3.8, 4) is 16.9 Å². The number of nitrogens with zero attached hydrogens (tertiary/aromatic N) is 4. The third-order valence-corrected chi connectivity index (χ3v) is 6.83. The monoisotopic (exact) mass is 467 g/mol. The van der Waals surface area contributed by atoms with Crippen LogP contribution in [0.1, 0.15) is 18.4 Å². The molecule has 1 spiro atoms. The lowest BCUT2D eigenvalue weighted by Crippen LogP contribution is -2.54. The Morgan fingerprint density at radius 2 is 1.79 bits per heavy atom. The maximum atomic E-state index is 12.9. The van der Waals surface area contributed by atoms with Gasteiger partial charge in [-0.3, -0.25) is 9.80 Å². The van der Waals surface area contributed by atoms with Gasteiger partial charge in [0.05, 0.1) is 25.1 Å². The first-order chi connectivity index (χ1) is 16.5. The fraction of sp³-hybridized carbons (Fsp3) is 0.360. The number of halogens is 3. The molecule has 6 rings (SSSR count). The first-order valence-corrected chi connectivity index (χ1v) is 11.3. The van der Waals surface area contributed by atoms with Gasteiger partial charge in [-0.1, -0.05) is 30.3 Å². The smallest absolute Gasteiger partial charge is 0.405 e. The molecule has 175 valence electrons. The number of aromatic nitrogens is 2. The summed E-state index contributed by atoms with van der Waals surface area (Å²) < 4.78 is 48.4. The summed E-state index contributed by atoms with van der Waals surface area (Å²) in [4.78, 5) is 13.8. The van der Waals surface area contributed by atoms with Crippen LogP contribution in [0, 0.1) is 6.07 Å². The van der Waals surface area contributed by atoms with Crippen LogP contribution < -0.4 is 9.64 Å². The van der Waals surface area contributed by atoms with Crippen molar-refractivity contribution >= 4 is 11.6 Å². The molecule has 0 N–H and O–H groups in total. The van der Waals surface area contributed by atoms with Gasteiger partial charge in [-0.05, 0) is 36.6 Å². The second-order valence-electron chi connectivity index (χ2n) is 8.81. The lowest BCUT2D eigenvalue weighted by Gasteiger charge is -2.40. The van der Waals surface area contributed by atoms with Crippen LogP contribution in [0.5, 0.6) is 5.75 Å². The molecule has 1 atom stereocenters. The normalized spacial score (nSPS) is 21.5. The zero-order valence-electron chi connectivity index (χ0n) is 18.3. The third kappa shape index (κ3) is 3.59. The van der Waals surface area contributed by atoms with Crippen molar-refractivity contribution in [3.05, 3.63) is 66.5 Å². The number of rotatable bonds is 4. The number of anilines is 2. The summed E-state index contributed by atoms with van der Waals surface area (Å²) in [5.41, 5.74) is 3.07. The molecule has 2 aromatic carbocycles. The molecule has 34 heavy (non-hydrogen) atoms. The minimum atomic E-state index is -4.78. The van der Waals surface area contributed by atoms with Crippen LogP contribution in [0.3, 0.4) is 0 Å². The molecule has 2 aliphatic heterocycles. The first kappa shape index (κ1) is 21.4. The van der Waals surface area contributed by atoms with E-state index in [1.54, 1.807) is 24.5 Å². The molecule has 1 saturated carbocycles. The van der Waals surface area contributed by atoms with Crippen molar-refractivity contribution in [1.29, 1.82) is 0 Å².